The number of nitrogens with one attached hydrogen (secondary N) is 2. The number of H-pyrrole nitrogens is 1. The first-order valence-electron chi connectivity index (χ1n) is 6.04. The summed E-state index contributed by atoms with van der Waals surface area (Å²) >= 11 is 0. The lowest BCUT2D eigenvalue weighted by Gasteiger charge is -2.06. The third-order valence-electron chi connectivity index (χ3n) is 2.57. The lowest BCUT2D eigenvalue weighted by Crippen LogP contribution is -2.26. The molecule has 2 rings (SSSR count). The molecule has 9 heteroatoms. The van der Waals surface area contributed by atoms with E-state index in [1.807, 2.05) is 0 Å². The molecular weight excluding hydrogens is 284 g/mol. The number of nitrogen functional groups attached to an aromatic ring is 1. The maximum absolute atomic E-state index is 12.0. The van der Waals surface area contributed by atoms with Gasteiger partial charge in [0.05, 0.1) is 0 Å². The fourth-order valence-corrected chi connectivity index (χ4v) is 1.62. The van der Waals surface area contributed by atoms with Crippen molar-refractivity contribution in [2.75, 3.05) is 12.3 Å². The highest BCUT2D eigenvalue weighted by Gasteiger charge is 2.09. The maximum Gasteiger partial charge on any atom is 0.387 e. The van der Waals surface area contributed by atoms with Crippen LogP contribution in [0.25, 0.3) is 0 Å². The number of amides is 1. The molecule has 0 spiro atoms. The summed E-state index contributed by atoms with van der Waals surface area (Å²) in [7, 11) is 0. The lowest BCUT2D eigenvalue weighted by atomic mass is 10.1. The Labute approximate surface area is 118 Å². The number of nitrogens with zero attached hydrogens (tertiary/aromatic N) is 2. The third-order valence-corrected chi connectivity index (χ3v) is 2.57. The van der Waals surface area contributed by atoms with Crippen molar-refractivity contribution in [1.29, 1.82) is 0 Å². The number of benzene rings is 1. The van der Waals surface area contributed by atoms with Gasteiger partial charge in [0, 0.05) is 6.54 Å². The fourth-order valence-electron chi connectivity index (χ4n) is 1.62. The highest BCUT2D eigenvalue weighted by molar-refractivity contribution is 5.90. The fraction of sp³-hybridized carbons (Fsp3) is 0.250. The number of hydrogen-bond donors (Lipinski definition) is 3. The van der Waals surface area contributed by atoms with Crippen LogP contribution in [-0.2, 0) is 6.42 Å². The molecule has 0 fully saturated rings. The number of hydrogen-bond acceptors (Lipinski definition) is 5. The first kappa shape index (κ1) is 14.7. The molecule has 1 heterocycles. The molecular formula is C12H13F2N5O2. The van der Waals surface area contributed by atoms with Crippen molar-refractivity contribution in [2.24, 2.45) is 0 Å². The zero-order valence-corrected chi connectivity index (χ0v) is 10.8. The minimum Gasteiger partial charge on any atom is -0.435 e. The number of alkyl halides is 2. The number of rotatable bonds is 6. The molecule has 0 unspecified atom stereocenters. The van der Waals surface area contributed by atoms with Crippen molar-refractivity contribution in [3.8, 4) is 5.75 Å². The molecule has 0 radical (unpaired) electrons. The Hall–Kier alpha value is -2.71. The van der Waals surface area contributed by atoms with E-state index in [4.69, 9.17) is 5.73 Å². The number of carbonyl (C=O) groups is 1. The van der Waals surface area contributed by atoms with Crippen LogP contribution in [0.3, 0.4) is 0 Å². The Morgan fingerprint density at radius 2 is 2.10 bits per heavy atom. The Kier molecular flexibility index (Phi) is 4.64. The van der Waals surface area contributed by atoms with E-state index in [1.54, 1.807) is 12.1 Å². The molecule has 0 bridgehead atoms. The molecule has 1 aromatic carbocycles. The van der Waals surface area contributed by atoms with E-state index in [0.717, 1.165) is 5.56 Å². The number of carbonyl (C=O) groups excluding carboxylic acids is 1. The quantitative estimate of drug-likeness (QED) is 0.736. The summed E-state index contributed by atoms with van der Waals surface area (Å²) in [5, 5.41) is 8.56. The second kappa shape index (κ2) is 6.64. The van der Waals surface area contributed by atoms with Gasteiger partial charge < -0.3 is 15.8 Å². The van der Waals surface area contributed by atoms with Crippen LogP contribution in [0.5, 0.6) is 5.75 Å². The van der Waals surface area contributed by atoms with Gasteiger partial charge in [-0.3, -0.25) is 9.89 Å². The summed E-state index contributed by atoms with van der Waals surface area (Å²) in [6.45, 7) is -2.49. The van der Waals surface area contributed by atoms with Crippen LogP contribution >= 0.6 is 0 Å². The minimum atomic E-state index is -2.84. The third kappa shape index (κ3) is 4.41. The number of nitrogens with two attached hydrogens (primary N) is 1. The van der Waals surface area contributed by atoms with Gasteiger partial charge in [-0.25, -0.2) is 0 Å². The molecule has 0 aliphatic heterocycles. The Morgan fingerprint density at radius 3 is 2.67 bits per heavy atom. The number of aromatic nitrogens is 3. The van der Waals surface area contributed by atoms with Gasteiger partial charge in [-0.1, -0.05) is 12.1 Å². The lowest BCUT2D eigenvalue weighted by molar-refractivity contribution is -0.0498. The summed E-state index contributed by atoms with van der Waals surface area (Å²) in [6, 6.07) is 6.19. The van der Waals surface area contributed by atoms with Crippen molar-refractivity contribution >= 4 is 11.9 Å². The van der Waals surface area contributed by atoms with E-state index in [2.05, 4.69) is 25.2 Å². The first-order valence-corrected chi connectivity index (χ1v) is 6.04. The summed E-state index contributed by atoms with van der Waals surface area (Å²) in [5.41, 5.74) is 6.16. The van der Waals surface area contributed by atoms with Gasteiger partial charge in [-0.2, -0.15) is 13.8 Å². The maximum atomic E-state index is 12.0. The van der Waals surface area contributed by atoms with Crippen LogP contribution in [0.15, 0.2) is 24.3 Å². The normalized spacial score (nSPS) is 10.6. The summed E-state index contributed by atoms with van der Waals surface area (Å²) < 4.78 is 28.2. The van der Waals surface area contributed by atoms with E-state index in [9.17, 15) is 13.6 Å². The molecule has 0 saturated heterocycles. The Bertz CT molecular complexity index is 600. The van der Waals surface area contributed by atoms with Gasteiger partial charge in [-0.05, 0) is 24.1 Å². The molecule has 112 valence electrons. The van der Waals surface area contributed by atoms with Crippen molar-refractivity contribution in [2.45, 2.75) is 13.0 Å². The zero-order valence-electron chi connectivity index (χ0n) is 10.8. The SMILES string of the molecule is Nc1n[nH]c(C(=O)NCCc2ccc(OC(F)F)cc2)n1. The first-order chi connectivity index (χ1) is 10.0. The molecule has 2 aromatic rings. The van der Waals surface area contributed by atoms with Gasteiger partial charge in [0.15, 0.2) is 0 Å². The van der Waals surface area contributed by atoms with E-state index < -0.39 is 12.5 Å². The average Bonchev–Trinajstić information content (AvgIpc) is 2.87. The molecule has 7 nitrogen and oxygen atoms in total. The topological polar surface area (TPSA) is 106 Å². The average molecular weight is 297 g/mol. The minimum absolute atomic E-state index is 0.00484. The van der Waals surface area contributed by atoms with Gasteiger partial charge in [0.25, 0.3) is 5.91 Å². The van der Waals surface area contributed by atoms with Crippen molar-refractivity contribution < 1.29 is 18.3 Å². The number of aromatic amines is 1. The predicted octanol–water partition coefficient (Wildman–Crippen LogP) is 0.961. The second-order valence-electron chi connectivity index (χ2n) is 4.07. The molecule has 0 aliphatic rings. The summed E-state index contributed by atoms with van der Waals surface area (Å²) in [6.07, 6.45) is 0.532. The second-order valence-corrected chi connectivity index (χ2v) is 4.07. The Balaban J connectivity index is 1.79. The molecule has 1 amide bonds. The molecule has 21 heavy (non-hydrogen) atoms. The number of anilines is 1. The van der Waals surface area contributed by atoms with Crippen LogP contribution in [-0.4, -0.2) is 34.2 Å². The smallest absolute Gasteiger partial charge is 0.387 e. The van der Waals surface area contributed by atoms with E-state index >= 15 is 0 Å². The van der Waals surface area contributed by atoms with Gasteiger partial charge in [0.2, 0.25) is 11.8 Å². The molecule has 0 atom stereocenters. The van der Waals surface area contributed by atoms with Crippen LogP contribution < -0.4 is 15.8 Å². The van der Waals surface area contributed by atoms with Crippen molar-refractivity contribution in [1.82, 2.24) is 20.5 Å². The number of ether oxygens (including phenoxy) is 1. The standard InChI is InChI=1S/C12H13F2N5O2/c13-11(14)21-8-3-1-7(2-4-8)5-6-16-10(20)9-17-12(15)19-18-9/h1-4,11H,5-6H2,(H,16,20)(H3,15,17,18,19). The van der Waals surface area contributed by atoms with E-state index in [-0.39, 0.29) is 17.5 Å². The molecule has 4 N–H and O–H groups in total. The van der Waals surface area contributed by atoms with Crippen molar-refractivity contribution in [3.63, 3.8) is 0 Å². The molecule has 0 saturated carbocycles. The van der Waals surface area contributed by atoms with Crippen LogP contribution in [0.2, 0.25) is 0 Å². The highest BCUT2D eigenvalue weighted by atomic mass is 19.3. The van der Waals surface area contributed by atoms with Crippen LogP contribution in [0.4, 0.5) is 14.7 Å². The van der Waals surface area contributed by atoms with Gasteiger partial charge >= 0.3 is 6.61 Å². The Morgan fingerprint density at radius 1 is 1.38 bits per heavy atom. The summed E-state index contributed by atoms with van der Waals surface area (Å²) in [5.74, 6) is -0.297. The van der Waals surface area contributed by atoms with E-state index in [0.29, 0.717) is 13.0 Å². The van der Waals surface area contributed by atoms with Crippen LogP contribution in [0.1, 0.15) is 16.2 Å². The summed E-state index contributed by atoms with van der Waals surface area (Å²) in [4.78, 5) is 15.3. The largest absolute Gasteiger partial charge is 0.435 e. The van der Waals surface area contributed by atoms with E-state index in [1.165, 1.54) is 12.1 Å². The number of halogens is 2. The van der Waals surface area contributed by atoms with Crippen molar-refractivity contribution in [3.05, 3.63) is 35.7 Å². The molecule has 0 aliphatic carbocycles. The van der Waals surface area contributed by atoms with Gasteiger partial charge in [-0.15, -0.1) is 5.10 Å². The monoisotopic (exact) mass is 297 g/mol. The van der Waals surface area contributed by atoms with Crippen LogP contribution in [0, 0.1) is 0 Å². The predicted molar refractivity (Wildman–Crippen MR) is 69.9 cm³/mol. The highest BCUT2D eigenvalue weighted by Crippen LogP contribution is 2.14. The van der Waals surface area contributed by atoms with Gasteiger partial charge in [0.1, 0.15) is 5.75 Å². The molecule has 1 aromatic heterocycles. The zero-order chi connectivity index (χ0) is 15.2.